The second kappa shape index (κ2) is 16.2. The van der Waals surface area contributed by atoms with Crippen molar-refractivity contribution < 1.29 is 30.3 Å². The Bertz CT molecular complexity index is 35.0. The van der Waals surface area contributed by atoms with E-state index in [0.29, 0.717) is 0 Å². The van der Waals surface area contributed by atoms with E-state index in [1.165, 1.54) is 0 Å². The third-order valence-corrected chi connectivity index (χ3v) is 3.57. The Balaban J connectivity index is -0.000000180. The Hall–Kier alpha value is 1.43. The van der Waals surface area contributed by atoms with Gasteiger partial charge in [0.2, 0.25) is 0 Å². The molecule has 0 saturated carbocycles. The Morgan fingerprint density at radius 3 is 1.67 bits per heavy atom. The van der Waals surface area contributed by atoms with Gasteiger partial charge in [0.15, 0.2) is 0 Å². The summed E-state index contributed by atoms with van der Waals surface area (Å²) in [7, 11) is 0. The summed E-state index contributed by atoms with van der Waals surface area (Å²) in [6.45, 7) is 5.63. The first-order valence-electron chi connectivity index (χ1n) is 2.40. The van der Waals surface area contributed by atoms with Crippen LogP contribution in [0.3, 0.4) is 0 Å². The average molecular weight is 379 g/mol. The van der Waals surface area contributed by atoms with Crippen LogP contribution in [0.25, 0.3) is 0 Å². The van der Waals surface area contributed by atoms with Gasteiger partial charge in [-0.1, -0.05) is 0 Å². The maximum Gasteiger partial charge on any atom is 2.00 e. The summed E-state index contributed by atoms with van der Waals surface area (Å²) in [5, 5.41) is 0. The molecule has 0 atom stereocenters. The third-order valence-electron chi connectivity index (χ3n) is 0.407. The van der Waals surface area contributed by atoms with Gasteiger partial charge in [0.05, 0.1) is 0 Å². The number of hydrogen-bond donors (Lipinski definition) is 0. The van der Waals surface area contributed by atoms with Crippen LogP contribution in [0.15, 0.2) is 0 Å². The van der Waals surface area contributed by atoms with Crippen LogP contribution in [0, 0.1) is 0 Å². The molecule has 5 heteroatoms. The molecule has 3 nitrogen and oxygen atoms in total. The van der Waals surface area contributed by atoms with Gasteiger partial charge in [0.1, 0.15) is 0 Å². The van der Waals surface area contributed by atoms with Crippen LogP contribution in [-0.4, -0.2) is 38.4 Å². The summed E-state index contributed by atoms with van der Waals surface area (Å²) < 4.78 is 10.1. The van der Waals surface area contributed by atoms with Crippen LogP contribution in [0.1, 0.15) is 13.8 Å². The van der Waals surface area contributed by atoms with Gasteiger partial charge in [-0.2, -0.15) is 0 Å². The Labute approximate surface area is 82.1 Å². The molecule has 0 N–H and O–H groups in total. The molecule has 0 aliphatic heterocycles. The summed E-state index contributed by atoms with van der Waals surface area (Å²) in [6, 6.07) is 0. The second-order valence-electron chi connectivity index (χ2n) is 0.949. The van der Waals surface area contributed by atoms with E-state index in [2.05, 4.69) is 0 Å². The minimum absolute atomic E-state index is 0. The molecule has 0 aliphatic rings. The number of rotatable bonds is 4. The smallest absolute Gasteiger partial charge is 2.00 e. The first kappa shape index (κ1) is 16.8. The Morgan fingerprint density at radius 1 is 1.11 bits per heavy atom. The zero-order valence-electron chi connectivity index (χ0n) is 5.85. The molecule has 0 unspecified atom stereocenters. The standard InChI is InChI=1S/2C2H5O.O.Pb.Zn/c2*1-2-3;;;/h2*2H2,1H3;;;/q2*-1;-2;2*+2. The van der Waals surface area contributed by atoms with E-state index in [-0.39, 0.29) is 25.0 Å². The van der Waals surface area contributed by atoms with Gasteiger partial charge in [0, 0.05) is 0 Å². The summed E-state index contributed by atoms with van der Waals surface area (Å²) in [5.74, 6) is 0. The van der Waals surface area contributed by atoms with Crippen molar-refractivity contribution in [2.24, 2.45) is 0 Å². The first-order chi connectivity index (χ1) is 3.41. The SMILES string of the molecule is CC[O][Pb][O]CC.[O-2].[Zn+2]. The minimum Gasteiger partial charge on any atom is -2.00 e. The number of hydrogen-bond acceptors (Lipinski definition) is 2. The predicted octanol–water partition coefficient (Wildman–Crippen LogP) is 0.472. The van der Waals surface area contributed by atoms with E-state index in [0.717, 1.165) is 13.2 Å². The van der Waals surface area contributed by atoms with Crippen molar-refractivity contribution in [3.05, 3.63) is 0 Å². The molecule has 50 valence electrons. The molecule has 0 bridgehead atoms. The molecule has 0 aliphatic carbocycles. The van der Waals surface area contributed by atoms with Crippen molar-refractivity contribution in [1.82, 2.24) is 0 Å². The average Bonchev–Trinajstić information content (AvgIpc) is 1.69. The monoisotopic (exact) mass is 378 g/mol. The van der Waals surface area contributed by atoms with Gasteiger partial charge >= 0.3 is 77.1 Å². The van der Waals surface area contributed by atoms with E-state index >= 15 is 0 Å². The van der Waals surface area contributed by atoms with E-state index in [1.807, 2.05) is 13.8 Å². The molecule has 0 fully saturated rings. The largest absolute Gasteiger partial charge is 2.00 e. The molecular weight excluding hydrogens is 369 g/mol. The van der Waals surface area contributed by atoms with Crippen molar-refractivity contribution in [3.8, 4) is 0 Å². The van der Waals surface area contributed by atoms with Gasteiger partial charge in [-0.25, -0.2) is 0 Å². The van der Waals surface area contributed by atoms with E-state index in [9.17, 15) is 0 Å². The molecule has 0 rings (SSSR count). The zero-order valence-corrected chi connectivity index (χ0v) is 12.7. The predicted molar refractivity (Wildman–Crippen MR) is 29.7 cm³/mol. The van der Waals surface area contributed by atoms with Gasteiger partial charge < -0.3 is 5.48 Å². The fraction of sp³-hybridized carbons (Fsp3) is 1.00. The molecule has 0 amide bonds. The summed E-state index contributed by atoms with van der Waals surface area (Å²) in [4.78, 5) is 0. The van der Waals surface area contributed by atoms with Crippen LogP contribution in [0.2, 0.25) is 0 Å². The Kier molecular flexibility index (Phi) is 30.2. The van der Waals surface area contributed by atoms with Crippen LogP contribution >= 0.6 is 0 Å². The molecule has 2 radical (unpaired) electrons. The molecule has 0 aromatic carbocycles. The summed E-state index contributed by atoms with van der Waals surface area (Å²) >= 11 is -0.999. The van der Waals surface area contributed by atoms with Gasteiger partial charge in [0.25, 0.3) is 0 Å². The van der Waals surface area contributed by atoms with E-state index in [1.54, 1.807) is 0 Å². The van der Waals surface area contributed by atoms with Gasteiger partial charge in [-0.15, -0.1) is 0 Å². The second-order valence-corrected chi connectivity index (χ2v) is 3.84. The summed E-state index contributed by atoms with van der Waals surface area (Å²) in [6.07, 6.45) is 0. The quantitative estimate of drug-likeness (QED) is 0.527. The van der Waals surface area contributed by atoms with Crippen molar-refractivity contribution in [2.45, 2.75) is 13.8 Å². The van der Waals surface area contributed by atoms with Gasteiger partial charge in [-0.3, -0.25) is 0 Å². The molecule has 0 heterocycles. The maximum absolute atomic E-state index is 5.05. The minimum atomic E-state index is -0.999. The Morgan fingerprint density at radius 2 is 1.44 bits per heavy atom. The summed E-state index contributed by atoms with van der Waals surface area (Å²) in [5.41, 5.74) is 0. The normalized spacial score (nSPS) is 7.33. The fourth-order valence-corrected chi connectivity index (χ4v) is 1.40. The maximum atomic E-state index is 5.05. The first-order valence-corrected chi connectivity index (χ1v) is 5.57. The molecule has 0 saturated heterocycles. The van der Waals surface area contributed by atoms with Crippen molar-refractivity contribution in [3.63, 3.8) is 0 Å². The van der Waals surface area contributed by atoms with Crippen molar-refractivity contribution in [2.75, 3.05) is 13.2 Å². The van der Waals surface area contributed by atoms with E-state index < -0.39 is 25.1 Å². The molecular formula is C4H10O3PbZn. The topological polar surface area (TPSA) is 47.0 Å². The van der Waals surface area contributed by atoms with E-state index in [4.69, 9.17) is 5.37 Å². The van der Waals surface area contributed by atoms with Crippen LogP contribution in [0.5, 0.6) is 0 Å². The van der Waals surface area contributed by atoms with Crippen LogP contribution in [0.4, 0.5) is 0 Å². The molecule has 0 aromatic rings. The van der Waals surface area contributed by atoms with Crippen LogP contribution in [-0.2, 0) is 30.3 Å². The zero-order chi connectivity index (χ0) is 5.54. The molecule has 0 aromatic heterocycles. The molecule has 9 heavy (non-hydrogen) atoms. The van der Waals surface area contributed by atoms with Gasteiger partial charge in [-0.05, 0) is 0 Å². The van der Waals surface area contributed by atoms with Crippen LogP contribution < -0.4 is 0 Å². The third kappa shape index (κ3) is 17.7. The van der Waals surface area contributed by atoms with Crippen molar-refractivity contribution >= 4 is 25.1 Å². The fourth-order valence-electron chi connectivity index (χ4n) is 0.160. The molecule has 0 spiro atoms. The van der Waals surface area contributed by atoms with Crippen molar-refractivity contribution in [1.29, 1.82) is 0 Å².